The van der Waals surface area contributed by atoms with Crippen molar-refractivity contribution < 1.29 is 13.2 Å². The zero-order valence-corrected chi connectivity index (χ0v) is 12.6. The van der Waals surface area contributed by atoms with Gasteiger partial charge in [0.15, 0.2) is 0 Å². The third-order valence-corrected chi connectivity index (χ3v) is 4.31. The van der Waals surface area contributed by atoms with Gasteiger partial charge in [-0.1, -0.05) is 23.2 Å². The van der Waals surface area contributed by atoms with E-state index in [2.05, 4.69) is 15.0 Å². The van der Waals surface area contributed by atoms with Crippen LogP contribution in [0.4, 0.5) is 0 Å². The lowest BCUT2D eigenvalue weighted by Gasteiger charge is -2.14. The molecule has 0 fully saturated rings. The zero-order chi connectivity index (χ0) is 14.6. The Balaban J connectivity index is 2.99. The summed E-state index contributed by atoms with van der Waals surface area (Å²) in [6.45, 7) is 3.57. The van der Waals surface area contributed by atoms with Crippen LogP contribution in [0.15, 0.2) is 17.2 Å². The lowest BCUT2D eigenvalue weighted by Crippen LogP contribution is -2.44. The van der Waals surface area contributed by atoms with Gasteiger partial charge in [-0.05, 0) is 19.9 Å². The molecule has 1 rings (SSSR count). The average Bonchev–Trinajstić information content (AvgIpc) is 2.31. The summed E-state index contributed by atoms with van der Waals surface area (Å²) in [6.07, 6.45) is 1.23. The molecule has 1 heterocycles. The van der Waals surface area contributed by atoms with E-state index in [-0.39, 0.29) is 15.1 Å². The summed E-state index contributed by atoms with van der Waals surface area (Å²) >= 11 is 11.4. The van der Waals surface area contributed by atoms with Crippen molar-refractivity contribution in [2.24, 2.45) is 0 Å². The van der Waals surface area contributed by atoms with Crippen LogP contribution in [0.2, 0.25) is 10.2 Å². The number of rotatable bonds is 5. The Kier molecular flexibility index (Phi) is 5.54. The molecule has 2 N–H and O–H groups in total. The van der Waals surface area contributed by atoms with Gasteiger partial charge in [-0.25, -0.2) is 13.4 Å². The monoisotopic (exact) mass is 325 g/mol. The maximum atomic E-state index is 12.1. The predicted molar refractivity (Wildman–Crippen MR) is 72.7 cm³/mol. The molecule has 0 aliphatic rings. The Morgan fingerprint density at radius 1 is 1.47 bits per heavy atom. The molecule has 19 heavy (non-hydrogen) atoms. The number of carbonyl (C=O) groups excluding carboxylic acids is 1. The zero-order valence-electron chi connectivity index (χ0n) is 10.3. The molecule has 0 bridgehead atoms. The molecule has 1 aromatic heterocycles. The molecule has 0 spiro atoms. The van der Waals surface area contributed by atoms with E-state index >= 15 is 0 Å². The number of hydrogen-bond donors (Lipinski definition) is 2. The Bertz CT molecular complexity index is 577. The van der Waals surface area contributed by atoms with E-state index < -0.39 is 22.0 Å². The van der Waals surface area contributed by atoms with Crippen LogP contribution in [0.1, 0.15) is 13.8 Å². The summed E-state index contributed by atoms with van der Waals surface area (Å²) in [7, 11) is -3.97. The van der Waals surface area contributed by atoms with E-state index in [1.165, 1.54) is 19.2 Å². The second-order valence-electron chi connectivity index (χ2n) is 3.68. The van der Waals surface area contributed by atoms with Crippen LogP contribution in [-0.2, 0) is 14.8 Å². The van der Waals surface area contributed by atoms with E-state index in [0.717, 1.165) is 0 Å². The van der Waals surface area contributed by atoms with Crippen molar-refractivity contribution in [3.05, 3.63) is 22.4 Å². The molecular formula is C10H13Cl2N3O3S. The Labute approximate surface area is 121 Å². The standard InChI is InChI=1S/C10H13Cl2N3O3S/c1-3-13-10(16)6(2)15-19(17,18)8-4-7(11)5-14-9(8)12/h4-6,15H,3H2,1-2H3,(H,13,16)/t6-/m0/s1. The molecular weight excluding hydrogens is 313 g/mol. The molecule has 9 heteroatoms. The highest BCUT2D eigenvalue weighted by Crippen LogP contribution is 2.22. The van der Waals surface area contributed by atoms with Gasteiger partial charge in [0.2, 0.25) is 15.9 Å². The topological polar surface area (TPSA) is 88.2 Å². The molecule has 0 saturated heterocycles. The number of sulfonamides is 1. The lowest BCUT2D eigenvalue weighted by atomic mass is 10.3. The van der Waals surface area contributed by atoms with Gasteiger partial charge >= 0.3 is 0 Å². The van der Waals surface area contributed by atoms with E-state index in [4.69, 9.17) is 23.2 Å². The molecule has 1 amide bonds. The third-order valence-electron chi connectivity index (χ3n) is 2.14. The minimum atomic E-state index is -3.97. The lowest BCUT2D eigenvalue weighted by molar-refractivity contribution is -0.122. The molecule has 0 aliphatic heterocycles. The van der Waals surface area contributed by atoms with E-state index in [1.807, 2.05) is 0 Å². The van der Waals surface area contributed by atoms with Crippen molar-refractivity contribution in [1.29, 1.82) is 0 Å². The van der Waals surface area contributed by atoms with E-state index in [9.17, 15) is 13.2 Å². The first-order valence-corrected chi connectivity index (χ1v) is 7.63. The number of nitrogens with zero attached hydrogens (tertiary/aromatic N) is 1. The molecule has 1 aromatic rings. The van der Waals surface area contributed by atoms with Crippen LogP contribution < -0.4 is 10.0 Å². The van der Waals surface area contributed by atoms with E-state index in [0.29, 0.717) is 6.54 Å². The molecule has 0 aromatic carbocycles. The maximum Gasteiger partial charge on any atom is 0.244 e. The Morgan fingerprint density at radius 2 is 2.11 bits per heavy atom. The molecule has 1 atom stereocenters. The summed E-state index contributed by atoms with van der Waals surface area (Å²) < 4.78 is 26.3. The number of carbonyl (C=O) groups is 1. The molecule has 0 unspecified atom stereocenters. The molecule has 0 aliphatic carbocycles. The highest BCUT2D eigenvalue weighted by molar-refractivity contribution is 7.89. The van der Waals surface area contributed by atoms with Gasteiger partial charge in [-0.15, -0.1) is 0 Å². The fraction of sp³-hybridized carbons (Fsp3) is 0.400. The fourth-order valence-corrected chi connectivity index (χ4v) is 3.16. The predicted octanol–water partition coefficient (Wildman–Crippen LogP) is 1.19. The second kappa shape index (κ2) is 6.51. The third kappa shape index (κ3) is 4.31. The number of likely N-dealkylation sites (N-methyl/N-ethyl adjacent to an activating group) is 1. The fourth-order valence-electron chi connectivity index (χ4n) is 1.27. The van der Waals surface area contributed by atoms with Gasteiger partial charge in [-0.3, -0.25) is 4.79 Å². The van der Waals surface area contributed by atoms with Crippen LogP contribution in [-0.4, -0.2) is 31.9 Å². The maximum absolute atomic E-state index is 12.1. The first kappa shape index (κ1) is 16.2. The largest absolute Gasteiger partial charge is 0.355 e. The number of amides is 1. The van der Waals surface area contributed by atoms with Crippen molar-refractivity contribution in [2.45, 2.75) is 24.8 Å². The summed E-state index contributed by atoms with van der Waals surface area (Å²) in [5.74, 6) is -0.433. The van der Waals surface area contributed by atoms with Crippen molar-refractivity contribution in [2.75, 3.05) is 6.54 Å². The second-order valence-corrected chi connectivity index (χ2v) is 6.16. The molecule has 6 nitrogen and oxygen atoms in total. The first-order chi connectivity index (χ1) is 8.77. The molecule has 0 saturated carbocycles. The van der Waals surface area contributed by atoms with Crippen LogP contribution in [0, 0.1) is 0 Å². The summed E-state index contributed by atoms with van der Waals surface area (Å²) in [5.41, 5.74) is 0. The summed E-state index contributed by atoms with van der Waals surface area (Å²) in [6, 6.07) is 0.240. The van der Waals surface area contributed by atoms with Crippen molar-refractivity contribution in [3.8, 4) is 0 Å². The smallest absolute Gasteiger partial charge is 0.244 e. The number of nitrogens with one attached hydrogen (secondary N) is 2. The number of hydrogen-bond acceptors (Lipinski definition) is 4. The first-order valence-electron chi connectivity index (χ1n) is 5.39. The Morgan fingerprint density at radius 3 is 2.68 bits per heavy atom. The number of aromatic nitrogens is 1. The number of halogens is 2. The minimum absolute atomic E-state index is 0.135. The van der Waals surface area contributed by atoms with Crippen molar-refractivity contribution in [3.63, 3.8) is 0 Å². The van der Waals surface area contributed by atoms with Crippen LogP contribution in [0.5, 0.6) is 0 Å². The van der Waals surface area contributed by atoms with Crippen LogP contribution in [0.25, 0.3) is 0 Å². The van der Waals surface area contributed by atoms with Gasteiger partial charge < -0.3 is 5.32 Å². The summed E-state index contributed by atoms with van der Waals surface area (Å²) in [4.78, 5) is 14.9. The average molecular weight is 326 g/mol. The normalized spacial score (nSPS) is 13.1. The van der Waals surface area contributed by atoms with Crippen LogP contribution >= 0.6 is 23.2 Å². The molecule has 0 radical (unpaired) electrons. The van der Waals surface area contributed by atoms with Gasteiger partial charge in [-0.2, -0.15) is 4.72 Å². The number of pyridine rings is 1. The quantitative estimate of drug-likeness (QED) is 0.796. The van der Waals surface area contributed by atoms with Crippen molar-refractivity contribution in [1.82, 2.24) is 15.0 Å². The van der Waals surface area contributed by atoms with Gasteiger partial charge in [0.05, 0.1) is 11.1 Å². The SMILES string of the molecule is CCNC(=O)[C@H](C)NS(=O)(=O)c1cc(Cl)cnc1Cl. The van der Waals surface area contributed by atoms with Gasteiger partial charge in [0.25, 0.3) is 0 Å². The van der Waals surface area contributed by atoms with Crippen LogP contribution in [0.3, 0.4) is 0 Å². The highest BCUT2D eigenvalue weighted by atomic mass is 35.5. The van der Waals surface area contributed by atoms with Gasteiger partial charge in [0.1, 0.15) is 10.0 Å². The van der Waals surface area contributed by atoms with Gasteiger partial charge in [0, 0.05) is 12.7 Å². The Hall–Kier alpha value is -0.890. The van der Waals surface area contributed by atoms with E-state index in [1.54, 1.807) is 6.92 Å². The van der Waals surface area contributed by atoms with Crippen molar-refractivity contribution >= 4 is 39.1 Å². The molecule has 106 valence electrons. The highest BCUT2D eigenvalue weighted by Gasteiger charge is 2.24. The summed E-state index contributed by atoms with van der Waals surface area (Å²) in [5, 5.41) is 2.43. The minimum Gasteiger partial charge on any atom is -0.355 e.